The average Bonchev–Trinajstić information content (AvgIpc) is 3.21. The number of hydrogen-bond donors (Lipinski definition) is 3. The minimum Gasteiger partial charge on any atom is -0.428 e. The van der Waals surface area contributed by atoms with Gasteiger partial charge in [-0.05, 0) is 58.2 Å². The van der Waals surface area contributed by atoms with Crippen molar-refractivity contribution in [1.29, 1.82) is 0 Å². The van der Waals surface area contributed by atoms with Crippen molar-refractivity contribution in [1.82, 2.24) is 25.5 Å². The number of aromatic nitrogens is 4. The number of hydrogen-bond acceptors (Lipinski definition) is 7. The third-order valence-electron chi connectivity index (χ3n) is 5.46. The lowest BCUT2D eigenvalue weighted by Crippen LogP contribution is -2.60. The summed E-state index contributed by atoms with van der Waals surface area (Å²) in [6.45, 7) is 9.30. The molecule has 3 heterocycles. The molecule has 31 heavy (non-hydrogen) atoms. The molecule has 1 aliphatic heterocycles. The zero-order valence-electron chi connectivity index (χ0n) is 18.3. The highest BCUT2D eigenvalue weighted by molar-refractivity contribution is 5.75. The Bertz CT molecular complexity index is 1030. The summed E-state index contributed by atoms with van der Waals surface area (Å²) in [6, 6.07) is 5.90. The maximum Gasteiger partial charge on any atom is 0.298 e. The maximum atomic E-state index is 11.0. The highest BCUT2D eigenvalue weighted by Crippen LogP contribution is 2.34. The number of aromatic amines is 1. The fourth-order valence-corrected chi connectivity index (χ4v) is 4.65. The lowest BCUT2D eigenvalue weighted by Gasteiger charge is -2.46. The highest BCUT2D eigenvalue weighted by Gasteiger charge is 2.37. The molecule has 1 saturated heterocycles. The van der Waals surface area contributed by atoms with Crippen LogP contribution in [0.25, 0.3) is 22.4 Å². The van der Waals surface area contributed by atoms with E-state index in [0.717, 1.165) is 29.8 Å². The van der Waals surface area contributed by atoms with Crippen molar-refractivity contribution in [2.45, 2.75) is 57.7 Å². The molecule has 0 atom stereocenters. The summed E-state index contributed by atoms with van der Waals surface area (Å²) in [4.78, 5) is 20.2. The zero-order valence-corrected chi connectivity index (χ0v) is 18.3. The van der Waals surface area contributed by atoms with E-state index < -0.39 is 0 Å². The Balaban J connectivity index is 1.54. The van der Waals surface area contributed by atoms with Crippen LogP contribution in [0.15, 0.2) is 43.0 Å². The SMILES string of the molecule is CC1(C)CC(Nc2cnc(-c3ccc(-c4cn[nH]c4)cc3OC=O)cn2)CC(C)(C)N1. The third-order valence-corrected chi connectivity index (χ3v) is 5.46. The lowest BCUT2D eigenvalue weighted by atomic mass is 9.79. The fraction of sp³-hybridized carbons (Fsp3) is 0.391. The molecule has 0 spiro atoms. The predicted octanol–water partition coefficient (Wildman–Crippen LogP) is 3.79. The number of nitrogens with one attached hydrogen (secondary N) is 3. The van der Waals surface area contributed by atoms with Crippen molar-refractivity contribution in [2.24, 2.45) is 0 Å². The van der Waals surface area contributed by atoms with Crippen molar-refractivity contribution in [2.75, 3.05) is 5.32 Å². The minimum atomic E-state index is 0.0462. The molecule has 0 radical (unpaired) electrons. The van der Waals surface area contributed by atoms with E-state index in [1.54, 1.807) is 30.9 Å². The minimum absolute atomic E-state index is 0.0462. The number of carbonyl (C=O) groups is 1. The lowest BCUT2D eigenvalue weighted by molar-refractivity contribution is -0.120. The van der Waals surface area contributed by atoms with Gasteiger partial charge in [-0.15, -0.1) is 0 Å². The fourth-order valence-electron chi connectivity index (χ4n) is 4.65. The molecule has 0 amide bonds. The largest absolute Gasteiger partial charge is 0.428 e. The van der Waals surface area contributed by atoms with Gasteiger partial charge in [0.25, 0.3) is 6.47 Å². The smallest absolute Gasteiger partial charge is 0.298 e. The van der Waals surface area contributed by atoms with Gasteiger partial charge < -0.3 is 15.4 Å². The van der Waals surface area contributed by atoms with Gasteiger partial charge in [0.05, 0.1) is 24.3 Å². The molecule has 8 heteroatoms. The second-order valence-corrected chi connectivity index (χ2v) is 9.34. The number of piperidine rings is 1. The van der Waals surface area contributed by atoms with Gasteiger partial charge in [0.2, 0.25) is 0 Å². The molecule has 4 rings (SSSR count). The number of nitrogens with zero attached hydrogens (tertiary/aromatic N) is 3. The summed E-state index contributed by atoms with van der Waals surface area (Å²) in [7, 11) is 0. The van der Waals surface area contributed by atoms with Gasteiger partial charge in [0.1, 0.15) is 11.6 Å². The van der Waals surface area contributed by atoms with Gasteiger partial charge in [0.15, 0.2) is 0 Å². The van der Waals surface area contributed by atoms with Crippen LogP contribution in [0.1, 0.15) is 40.5 Å². The molecule has 1 aromatic carbocycles. The van der Waals surface area contributed by atoms with Crippen LogP contribution in [0, 0.1) is 0 Å². The quantitative estimate of drug-likeness (QED) is 0.521. The second kappa shape index (κ2) is 8.11. The van der Waals surface area contributed by atoms with E-state index in [-0.39, 0.29) is 11.1 Å². The standard InChI is InChI=1S/C23H28N6O2/c1-22(2)8-17(9-23(3,4)29-22)28-21-13-24-19(12-25-21)18-6-5-15(7-20(18)31-14-30)16-10-26-27-11-16/h5-7,10-14,17,29H,8-9H2,1-4H3,(H,25,28)(H,26,27). The molecule has 0 aliphatic carbocycles. The number of anilines is 1. The topological polar surface area (TPSA) is 105 Å². The Labute approximate surface area is 181 Å². The van der Waals surface area contributed by atoms with Crippen LogP contribution < -0.4 is 15.4 Å². The van der Waals surface area contributed by atoms with Crippen LogP contribution in [-0.4, -0.2) is 43.8 Å². The van der Waals surface area contributed by atoms with E-state index in [0.29, 0.717) is 29.5 Å². The Kier molecular flexibility index (Phi) is 5.49. The molecule has 3 aromatic rings. The summed E-state index contributed by atoms with van der Waals surface area (Å²) in [5, 5.41) is 14.0. The van der Waals surface area contributed by atoms with Crippen molar-refractivity contribution in [3.8, 4) is 28.1 Å². The Morgan fingerprint density at radius 1 is 1.06 bits per heavy atom. The molecule has 3 N–H and O–H groups in total. The molecule has 0 bridgehead atoms. The number of H-pyrrole nitrogens is 1. The molecular weight excluding hydrogens is 392 g/mol. The molecule has 1 aliphatic rings. The summed E-state index contributed by atoms with van der Waals surface area (Å²) in [5.74, 6) is 1.15. The third kappa shape index (κ3) is 4.91. The Morgan fingerprint density at radius 3 is 2.45 bits per heavy atom. The first-order valence-electron chi connectivity index (χ1n) is 10.4. The van der Waals surface area contributed by atoms with Crippen LogP contribution in [-0.2, 0) is 4.79 Å². The molecule has 0 saturated carbocycles. The van der Waals surface area contributed by atoms with E-state index in [1.807, 2.05) is 12.1 Å². The van der Waals surface area contributed by atoms with E-state index in [1.165, 1.54) is 0 Å². The van der Waals surface area contributed by atoms with Crippen LogP contribution >= 0.6 is 0 Å². The van der Waals surface area contributed by atoms with Crippen molar-refractivity contribution in [3.63, 3.8) is 0 Å². The van der Waals surface area contributed by atoms with Gasteiger partial charge in [-0.25, -0.2) is 4.98 Å². The average molecular weight is 421 g/mol. The van der Waals surface area contributed by atoms with E-state index in [9.17, 15) is 4.79 Å². The summed E-state index contributed by atoms with van der Waals surface area (Å²) < 4.78 is 5.23. The maximum absolute atomic E-state index is 11.0. The van der Waals surface area contributed by atoms with Gasteiger partial charge in [-0.3, -0.25) is 14.9 Å². The molecule has 162 valence electrons. The molecule has 0 unspecified atom stereocenters. The molecular formula is C23H28N6O2. The van der Waals surface area contributed by atoms with E-state index in [2.05, 4.69) is 58.5 Å². The van der Waals surface area contributed by atoms with Crippen LogP contribution in [0.5, 0.6) is 5.75 Å². The van der Waals surface area contributed by atoms with E-state index in [4.69, 9.17) is 4.74 Å². The monoisotopic (exact) mass is 420 g/mol. The van der Waals surface area contributed by atoms with Gasteiger partial charge in [-0.2, -0.15) is 5.10 Å². The number of carbonyl (C=O) groups excluding carboxylic acids is 1. The molecule has 2 aromatic heterocycles. The normalized spacial score (nSPS) is 17.8. The van der Waals surface area contributed by atoms with Crippen LogP contribution in [0.3, 0.4) is 0 Å². The molecule has 8 nitrogen and oxygen atoms in total. The zero-order chi connectivity index (χ0) is 22.1. The van der Waals surface area contributed by atoms with Crippen LogP contribution in [0.2, 0.25) is 0 Å². The first-order valence-corrected chi connectivity index (χ1v) is 10.4. The number of benzene rings is 1. The van der Waals surface area contributed by atoms with Gasteiger partial charge in [-0.1, -0.05) is 6.07 Å². The van der Waals surface area contributed by atoms with Crippen LogP contribution in [0.4, 0.5) is 5.82 Å². The summed E-state index contributed by atoms with van der Waals surface area (Å²) in [6.07, 6.45) is 8.90. The number of rotatable bonds is 6. The number of ether oxygens (including phenoxy) is 1. The second-order valence-electron chi connectivity index (χ2n) is 9.34. The first kappa shape index (κ1) is 21.0. The Morgan fingerprint density at radius 2 is 1.84 bits per heavy atom. The first-order chi connectivity index (χ1) is 14.7. The molecule has 1 fully saturated rings. The summed E-state index contributed by atoms with van der Waals surface area (Å²) in [5.41, 5.74) is 3.21. The van der Waals surface area contributed by atoms with Crippen molar-refractivity contribution >= 4 is 12.3 Å². The van der Waals surface area contributed by atoms with Crippen molar-refractivity contribution in [3.05, 3.63) is 43.0 Å². The van der Waals surface area contributed by atoms with Crippen molar-refractivity contribution < 1.29 is 9.53 Å². The predicted molar refractivity (Wildman–Crippen MR) is 120 cm³/mol. The highest BCUT2D eigenvalue weighted by atomic mass is 16.5. The Hall–Kier alpha value is -3.26. The van der Waals surface area contributed by atoms with Gasteiger partial charge >= 0.3 is 0 Å². The van der Waals surface area contributed by atoms with Gasteiger partial charge in [0, 0.05) is 34.4 Å². The van der Waals surface area contributed by atoms with E-state index >= 15 is 0 Å². The summed E-state index contributed by atoms with van der Waals surface area (Å²) >= 11 is 0.